The fourth-order valence-electron chi connectivity index (χ4n) is 4.21. The van der Waals surface area contributed by atoms with E-state index in [0.717, 1.165) is 39.9 Å². The molecular weight excluding hydrogens is 629 g/mol. The van der Waals surface area contributed by atoms with Gasteiger partial charge >= 0.3 is 0 Å². The maximum absolute atomic E-state index is 12.5. The van der Waals surface area contributed by atoms with Gasteiger partial charge in [-0.2, -0.15) is 10.2 Å². The predicted octanol–water partition coefficient (Wildman–Crippen LogP) is 7.26. The minimum Gasteiger partial charge on any atom is -0.378 e. The zero-order valence-corrected chi connectivity index (χ0v) is 28.8. The molecule has 0 atom stereocenters. The van der Waals surface area contributed by atoms with E-state index >= 15 is 0 Å². The number of benzene rings is 4. The van der Waals surface area contributed by atoms with E-state index in [1.54, 1.807) is 45.9 Å². The highest BCUT2D eigenvalue weighted by atomic mass is 33.1. The Morgan fingerprint density at radius 1 is 0.553 bits per heavy atom. The quantitative estimate of drug-likeness (QED) is 0.0402. The molecule has 0 spiro atoms. The number of hydrogen-bond acceptors (Lipinski definition) is 10. The van der Waals surface area contributed by atoms with Crippen LogP contribution in [0, 0.1) is 0 Å². The number of rotatable bonds is 17. The van der Waals surface area contributed by atoms with Gasteiger partial charge < -0.3 is 31.1 Å². The van der Waals surface area contributed by atoms with Gasteiger partial charge in [0.05, 0.1) is 18.0 Å². The monoisotopic (exact) mass is 670 g/mol. The molecule has 0 aliphatic heterocycles. The molecule has 0 heterocycles. The number of carbonyl (C=O) groups is 2. The summed E-state index contributed by atoms with van der Waals surface area (Å²) < 4.78 is 0. The summed E-state index contributed by atoms with van der Waals surface area (Å²) in [6.45, 7) is 1.68. The van der Waals surface area contributed by atoms with Crippen molar-refractivity contribution in [1.82, 2.24) is 10.6 Å². The third-order valence-electron chi connectivity index (χ3n) is 6.92. The van der Waals surface area contributed by atoms with Crippen LogP contribution in [0.15, 0.2) is 107 Å². The van der Waals surface area contributed by atoms with Crippen LogP contribution in [0.4, 0.5) is 34.1 Å². The van der Waals surface area contributed by atoms with Crippen molar-refractivity contribution in [2.24, 2.45) is 10.2 Å². The van der Waals surface area contributed by atoms with Crippen molar-refractivity contribution in [2.75, 3.05) is 79.9 Å². The molecule has 0 unspecified atom stereocenters. The van der Waals surface area contributed by atoms with Crippen LogP contribution in [-0.2, 0) is 0 Å². The highest BCUT2D eigenvalue weighted by Crippen LogP contribution is 2.22. The Morgan fingerprint density at radius 2 is 0.915 bits per heavy atom. The average molecular weight is 671 g/mol. The van der Waals surface area contributed by atoms with E-state index in [2.05, 4.69) is 48.5 Å². The van der Waals surface area contributed by atoms with Crippen LogP contribution in [0.1, 0.15) is 20.7 Å². The molecule has 0 aliphatic carbocycles. The fraction of sp³-hybridized carbons (Fsp3) is 0.257. The van der Waals surface area contributed by atoms with Gasteiger partial charge in [-0.25, -0.2) is 0 Å². The van der Waals surface area contributed by atoms with Crippen molar-refractivity contribution in [3.05, 3.63) is 108 Å². The van der Waals surface area contributed by atoms with Crippen LogP contribution in [0.5, 0.6) is 0 Å². The minimum absolute atomic E-state index is 0.0975. The van der Waals surface area contributed by atoms with Crippen LogP contribution in [0.2, 0.25) is 0 Å². The van der Waals surface area contributed by atoms with Crippen LogP contribution < -0.4 is 31.1 Å². The topological polar surface area (TPSA) is 113 Å². The second kappa shape index (κ2) is 18.5. The molecule has 0 saturated carbocycles. The lowest BCUT2D eigenvalue weighted by Crippen LogP contribution is -2.26. The first kappa shape index (κ1) is 35.2. The van der Waals surface area contributed by atoms with Gasteiger partial charge in [-0.1, -0.05) is 21.6 Å². The molecule has 0 radical (unpaired) electrons. The van der Waals surface area contributed by atoms with E-state index in [1.165, 1.54) is 0 Å². The van der Waals surface area contributed by atoms with Gasteiger partial charge in [0.2, 0.25) is 0 Å². The molecule has 0 aromatic heterocycles. The van der Waals surface area contributed by atoms with Crippen molar-refractivity contribution >= 4 is 67.5 Å². The summed E-state index contributed by atoms with van der Waals surface area (Å²) in [6, 6.07) is 30.5. The summed E-state index contributed by atoms with van der Waals surface area (Å²) in [7, 11) is 11.3. The van der Waals surface area contributed by atoms with Gasteiger partial charge in [-0.3, -0.25) is 9.59 Å². The Labute approximate surface area is 285 Å². The number of nitrogens with one attached hydrogen (secondary N) is 4. The van der Waals surface area contributed by atoms with Crippen molar-refractivity contribution in [2.45, 2.75) is 0 Å². The molecule has 0 bridgehead atoms. The normalized spacial score (nSPS) is 10.8. The molecule has 10 nitrogen and oxygen atoms in total. The highest BCUT2D eigenvalue weighted by Gasteiger charge is 2.07. The molecule has 47 heavy (non-hydrogen) atoms. The summed E-state index contributed by atoms with van der Waals surface area (Å²) in [6.07, 6.45) is 0. The van der Waals surface area contributed by atoms with E-state index in [4.69, 9.17) is 0 Å². The first-order valence-electron chi connectivity index (χ1n) is 15.2. The first-order valence-corrected chi connectivity index (χ1v) is 17.7. The van der Waals surface area contributed by atoms with E-state index in [1.807, 2.05) is 93.8 Å². The third-order valence-corrected chi connectivity index (χ3v) is 9.33. The van der Waals surface area contributed by atoms with Gasteiger partial charge in [0.15, 0.2) is 0 Å². The lowest BCUT2D eigenvalue weighted by molar-refractivity contribution is 0.0948. The molecule has 0 fully saturated rings. The molecule has 4 aromatic rings. The van der Waals surface area contributed by atoms with Crippen LogP contribution in [0.25, 0.3) is 0 Å². The highest BCUT2D eigenvalue weighted by molar-refractivity contribution is 8.76. The molecule has 4 N–H and O–H groups in total. The Morgan fingerprint density at radius 3 is 1.34 bits per heavy atom. The van der Waals surface area contributed by atoms with Gasteiger partial charge in [0.1, 0.15) is 0 Å². The molecule has 4 rings (SSSR count). The van der Waals surface area contributed by atoms with E-state index < -0.39 is 0 Å². The molecule has 0 saturated heterocycles. The standard InChI is InChI=1S/C35H42N8O2S2/c1-42(2)32-17-13-29(14-18-32)39-25-38-28-9-5-26(6-10-28)34(44)36-21-23-46-47-24-22-37-35(45)27-7-11-30(12-8-27)40-41-31-15-19-33(20-16-31)43(3)4/h5-20,38-39H,21-25H2,1-4H3,(H,36,44)(H,37,45). The van der Waals surface area contributed by atoms with Crippen molar-refractivity contribution in [3.8, 4) is 0 Å². The van der Waals surface area contributed by atoms with Gasteiger partial charge in [-0.05, 0) is 97.1 Å². The Hall–Kier alpha value is -4.68. The zero-order valence-electron chi connectivity index (χ0n) is 27.2. The predicted molar refractivity (Wildman–Crippen MR) is 200 cm³/mol. The number of nitrogens with zero attached hydrogens (tertiary/aromatic N) is 4. The van der Waals surface area contributed by atoms with Crippen molar-refractivity contribution in [3.63, 3.8) is 0 Å². The summed E-state index contributed by atoms with van der Waals surface area (Å²) in [5.41, 5.74) is 6.85. The van der Waals surface area contributed by atoms with Crippen LogP contribution in [0.3, 0.4) is 0 Å². The minimum atomic E-state index is -0.127. The lowest BCUT2D eigenvalue weighted by Gasteiger charge is -2.14. The fourth-order valence-corrected chi connectivity index (χ4v) is 6.03. The Bertz CT molecular complexity index is 1580. The third kappa shape index (κ3) is 11.9. The van der Waals surface area contributed by atoms with Crippen LogP contribution >= 0.6 is 21.6 Å². The van der Waals surface area contributed by atoms with Gasteiger partial charge in [-0.15, -0.1) is 0 Å². The molecule has 0 aliphatic rings. The molecule has 4 aromatic carbocycles. The number of anilines is 4. The Balaban J connectivity index is 1.04. The first-order chi connectivity index (χ1) is 22.8. The van der Waals surface area contributed by atoms with Gasteiger partial charge in [0.25, 0.3) is 11.8 Å². The van der Waals surface area contributed by atoms with E-state index in [9.17, 15) is 9.59 Å². The number of azo groups is 1. The van der Waals surface area contributed by atoms with E-state index in [-0.39, 0.29) is 11.8 Å². The smallest absolute Gasteiger partial charge is 0.251 e. The van der Waals surface area contributed by atoms with Crippen LogP contribution in [-0.4, -0.2) is 71.3 Å². The maximum Gasteiger partial charge on any atom is 0.251 e. The second-order valence-corrected chi connectivity index (χ2v) is 13.6. The zero-order chi connectivity index (χ0) is 33.4. The largest absolute Gasteiger partial charge is 0.378 e. The number of carbonyl (C=O) groups excluding carboxylic acids is 2. The summed E-state index contributed by atoms with van der Waals surface area (Å²) >= 11 is 0. The summed E-state index contributed by atoms with van der Waals surface area (Å²) in [5.74, 6) is 1.30. The molecular formula is C35H42N8O2S2. The SMILES string of the molecule is CN(C)c1ccc(N=Nc2ccc(C(=O)NCCSSCCNC(=O)c3ccc(NCNc4ccc(N(C)C)cc4)cc3)cc2)cc1. The second-order valence-electron chi connectivity index (χ2n) is 10.9. The van der Waals surface area contributed by atoms with E-state index in [0.29, 0.717) is 36.6 Å². The maximum atomic E-state index is 12.5. The van der Waals surface area contributed by atoms with Crippen molar-refractivity contribution in [1.29, 1.82) is 0 Å². The molecule has 12 heteroatoms. The lowest BCUT2D eigenvalue weighted by atomic mass is 10.2. The van der Waals surface area contributed by atoms with Gasteiger partial charge in [0, 0.05) is 86.7 Å². The summed E-state index contributed by atoms with van der Waals surface area (Å²) in [5, 5.41) is 21.1. The number of amides is 2. The average Bonchev–Trinajstić information content (AvgIpc) is 3.09. The van der Waals surface area contributed by atoms with Crippen molar-refractivity contribution < 1.29 is 9.59 Å². The molecule has 2 amide bonds. The number of hydrogen-bond donors (Lipinski definition) is 4. The Kier molecular flexibility index (Phi) is 13.8. The molecule has 246 valence electrons. The summed E-state index contributed by atoms with van der Waals surface area (Å²) in [4.78, 5) is 29.1.